The Morgan fingerprint density at radius 1 is 1.11 bits per heavy atom. The summed E-state index contributed by atoms with van der Waals surface area (Å²) < 4.78 is 96.5. The molecule has 2 fully saturated rings. The Balaban J connectivity index is 2.28. The van der Waals surface area contributed by atoms with Crippen molar-refractivity contribution >= 4 is 18.4 Å². The summed E-state index contributed by atoms with van der Waals surface area (Å²) in [6.45, 7) is 9.87. The highest BCUT2D eigenvalue weighted by Crippen LogP contribution is 2.37. The number of alkyl halides is 3. The van der Waals surface area contributed by atoms with E-state index in [0.29, 0.717) is 19.4 Å². The van der Waals surface area contributed by atoms with Crippen LogP contribution in [0, 0.1) is 5.92 Å². The Morgan fingerprint density at radius 3 is 2.25 bits per heavy atom. The molecule has 2 aliphatic rings. The van der Waals surface area contributed by atoms with E-state index in [-0.39, 0.29) is 24.4 Å². The lowest BCUT2D eigenvalue weighted by Crippen LogP contribution is -2.57. The highest BCUT2D eigenvalue weighted by molar-refractivity contribution is 7.87. The van der Waals surface area contributed by atoms with Gasteiger partial charge in [0.1, 0.15) is 12.9 Å². The molecule has 0 saturated carbocycles. The van der Waals surface area contributed by atoms with E-state index < -0.39 is 48.9 Å². The Bertz CT molecular complexity index is 758. The fourth-order valence-electron chi connectivity index (χ4n) is 4.89. The van der Waals surface area contributed by atoms with Crippen LogP contribution in [0.5, 0.6) is 0 Å². The second-order valence-electron chi connectivity index (χ2n) is 10.4. The van der Waals surface area contributed by atoms with Crippen LogP contribution >= 0.6 is 0 Å². The topological polar surface area (TPSA) is 89.5 Å². The lowest BCUT2D eigenvalue weighted by molar-refractivity contribution is -0.211. The molecule has 0 radical (unpaired) electrons. The lowest BCUT2D eigenvalue weighted by Gasteiger charge is -2.46. The predicted molar refractivity (Wildman–Crippen MR) is 130 cm³/mol. The van der Waals surface area contributed by atoms with Crippen molar-refractivity contribution in [3.05, 3.63) is 0 Å². The summed E-state index contributed by atoms with van der Waals surface area (Å²) in [6, 6.07) is 2.38. The Hall–Kier alpha value is -0.283. The third-order valence-electron chi connectivity index (χ3n) is 7.45. The summed E-state index contributed by atoms with van der Waals surface area (Å²) in [7, 11) is -6.57. The van der Waals surface area contributed by atoms with Crippen molar-refractivity contribution in [2.45, 2.75) is 114 Å². The van der Waals surface area contributed by atoms with Crippen molar-refractivity contribution in [3.63, 3.8) is 0 Å². The summed E-state index contributed by atoms with van der Waals surface area (Å²) in [6.07, 6.45) is 0.0837. The van der Waals surface area contributed by atoms with Gasteiger partial charge in [0.05, 0.1) is 37.1 Å². The SMILES string of the molecule is CC[Si](CC)(CC)O[C@H]1[C@@H](OCOC)C[C@@H](CC2CCC(C)(C)OC2)O[C@@H]1COS(=O)(=O)C(F)(F)F. The monoisotopic (exact) mass is 564 g/mol. The predicted octanol–water partition coefficient (Wildman–Crippen LogP) is 4.98. The number of methoxy groups -OCH3 is 1. The van der Waals surface area contributed by atoms with Crippen LogP contribution in [0.25, 0.3) is 0 Å². The molecular weight excluding hydrogens is 521 g/mol. The van der Waals surface area contributed by atoms with E-state index in [2.05, 4.69) is 4.18 Å². The average Bonchev–Trinajstić information content (AvgIpc) is 2.81. The maximum absolute atomic E-state index is 13.0. The average molecular weight is 565 g/mol. The molecule has 0 N–H and O–H groups in total. The highest BCUT2D eigenvalue weighted by atomic mass is 32.2. The van der Waals surface area contributed by atoms with Gasteiger partial charge in [-0.05, 0) is 57.2 Å². The molecule has 0 aliphatic carbocycles. The molecule has 13 heteroatoms. The second-order valence-corrected chi connectivity index (χ2v) is 16.7. The zero-order chi connectivity index (χ0) is 27.2. The fraction of sp³-hybridized carbons (Fsp3) is 1.00. The number of ether oxygens (including phenoxy) is 4. The van der Waals surface area contributed by atoms with Crippen LogP contribution in [0.15, 0.2) is 0 Å². The van der Waals surface area contributed by atoms with E-state index in [1.54, 1.807) is 0 Å². The molecule has 0 aromatic carbocycles. The van der Waals surface area contributed by atoms with Crippen LogP contribution in [0.3, 0.4) is 0 Å². The van der Waals surface area contributed by atoms with Gasteiger partial charge < -0.3 is 23.4 Å². The van der Waals surface area contributed by atoms with E-state index in [1.807, 2.05) is 34.6 Å². The molecule has 214 valence electrons. The van der Waals surface area contributed by atoms with Crippen molar-refractivity contribution in [2.75, 3.05) is 27.1 Å². The largest absolute Gasteiger partial charge is 0.523 e. The third kappa shape index (κ3) is 8.62. The zero-order valence-electron chi connectivity index (χ0n) is 22.3. The molecule has 5 atom stereocenters. The van der Waals surface area contributed by atoms with Crippen molar-refractivity contribution in [1.82, 2.24) is 0 Å². The molecule has 2 aliphatic heterocycles. The first-order valence-corrected chi connectivity index (χ1v) is 16.7. The molecule has 0 aromatic rings. The summed E-state index contributed by atoms with van der Waals surface area (Å²) in [4.78, 5) is 0. The van der Waals surface area contributed by atoms with Crippen molar-refractivity contribution in [2.24, 2.45) is 5.92 Å². The van der Waals surface area contributed by atoms with Gasteiger partial charge in [-0.3, -0.25) is 4.18 Å². The minimum Gasteiger partial charge on any atom is -0.409 e. The molecule has 2 saturated heterocycles. The summed E-state index contributed by atoms with van der Waals surface area (Å²) >= 11 is 0. The van der Waals surface area contributed by atoms with Gasteiger partial charge in [-0.2, -0.15) is 21.6 Å². The van der Waals surface area contributed by atoms with Crippen LogP contribution in [-0.4, -0.2) is 79.4 Å². The molecule has 1 unspecified atom stereocenters. The van der Waals surface area contributed by atoms with Crippen LogP contribution in [0.1, 0.15) is 60.3 Å². The molecule has 2 heterocycles. The fourth-order valence-corrected chi connectivity index (χ4v) is 8.22. The van der Waals surface area contributed by atoms with Gasteiger partial charge in [0.15, 0.2) is 8.32 Å². The normalized spacial score (nSPS) is 29.9. The molecule has 0 spiro atoms. The first kappa shape index (κ1) is 31.9. The van der Waals surface area contributed by atoms with Gasteiger partial charge in [-0.25, -0.2) is 0 Å². The minimum atomic E-state index is -5.78. The molecule has 0 aromatic heterocycles. The molecule has 0 amide bonds. The molecule has 8 nitrogen and oxygen atoms in total. The smallest absolute Gasteiger partial charge is 0.409 e. The van der Waals surface area contributed by atoms with Gasteiger partial charge in [0, 0.05) is 13.5 Å². The zero-order valence-corrected chi connectivity index (χ0v) is 24.1. The number of rotatable bonds is 13. The number of halogens is 3. The summed E-state index contributed by atoms with van der Waals surface area (Å²) in [5, 5.41) is 0. The maximum atomic E-state index is 13.0. The molecule has 36 heavy (non-hydrogen) atoms. The lowest BCUT2D eigenvalue weighted by atomic mass is 9.85. The standard InChI is InChI=1S/C23H43F3O8SSi/c1-7-36(8-2,9-3)34-21-19(30-16-29-6)13-18(12-17-10-11-22(4,5)31-14-17)33-20(21)15-32-35(27,28)23(24,25)26/h17-21H,7-16H2,1-6H3/t17?,18-,19+,20-,21+/m1/s1. The number of hydrogen-bond acceptors (Lipinski definition) is 8. The van der Waals surface area contributed by atoms with Crippen LogP contribution in [0.2, 0.25) is 18.1 Å². The second kappa shape index (κ2) is 13.2. The molecule has 0 bridgehead atoms. The van der Waals surface area contributed by atoms with E-state index in [0.717, 1.165) is 31.0 Å². The van der Waals surface area contributed by atoms with Crippen molar-refractivity contribution in [3.8, 4) is 0 Å². The van der Waals surface area contributed by atoms with E-state index in [4.69, 9.17) is 23.4 Å². The maximum Gasteiger partial charge on any atom is 0.523 e. The van der Waals surface area contributed by atoms with Crippen LogP contribution < -0.4 is 0 Å². The van der Waals surface area contributed by atoms with Crippen LogP contribution in [0.4, 0.5) is 13.2 Å². The Labute approximate surface area is 214 Å². The highest BCUT2D eigenvalue weighted by Gasteiger charge is 2.50. The summed E-state index contributed by atoms with van der Waals surface area (Å²) in [5.74, 6) is 0.208. The van der Waals surface area contributed by atoms with Gasteiger partial charge in [0.25, 0.3) is 0 Å². The Kier molecular flexibility index (Phi) is 11.7. The van der Waals surface area contributed by atoms with Gasteiger partial charge in [-0.15, -0.1) is 0 Å². The third-order valence-corrected chi connectivity index (χ3v) is 13.1. The van der Waals surface area contributed by atoms with Crippen molar-refractivity contribution in [1.29, 1.82) is 0 Å². The van der Waals surface area contributed by atoms with Crippen molar-refractivity contribution < 1.29 is 49.1 Å². The first-order chi connectivity index (χ1) is 16.7. The van der Waals surface area contributed by atoms with E-state index in [9.17, 15) is 21.6 Å². The van der Waals surface area contributed by atoms with Crippen LogP contribution in [-0.2, 0) is 37.7 Å². The quantitative estimate of drug-likeness (QED) is 0.134. The van der Waals surface area contributed by atoms with Gasteiger partial charge >= 0.3 is 15.6 Å². The molecule has 2 rings (SSSR count). The van der Waals surface area contributed by atoms with Gasteiger partial charge in [-0.1, -0.05) is 20.8 Å². The molecular formula is C23H43F3O8SSi. The van der Waals surface area contributed by atoms with E-state index in [1.165, 1.54) is 7.11 Å². The summed E-state index contributed by atoms with van der Waals surface area (Å²) in [5.41, 5.74) is -5.71. The number of hydrogen-bond donors (Lipinski definition) is 0. The first-order valence-electron chi connectivity index (χ1n) is 12.7. The minimum absolute atomic E-state index is 0.0364. The van der Waals surface area contributed by atoms with E-state index >= 15 is 0 Å². The van der Waals surface area contributed by atoms with Gasteiger partial charge in [0.2, 0.25) is 0 Å². The Morgan fingerprint density at radius 2 is 1.75 bits per heavy atom.